The minimum atomic E-state index is -3.75. The highest BCUT2D eigenvalue weighted by molar-refractivity contribution is 7.89. The molecule has 7 heteroatoms. The average Bonchev–Trinajstić information content (AvgIpc) is 3.23. The number of rotatable bonds is 7. The largest absolute Gasteiger partial charge is 0.395 e. The maximum absolute atomic E-state index is 12.8. The lowest BCUT2D eigenvalue weighted by Gasteiger charge is -2.17. The summed E-state index contributed by atoms with van der Waals surface area (Å²) in [6, 6.07) is 19.4. The maximum Gasteiger partial charge on any atom is 0.240 e. The smallest absolute Gasteiger partial charge is 0.240 e. The number of nitrogens with one attached hydrogen (secondary N) is 2. The Morgan fingerprint density at radius 1 is 1.00 bits per heavy atom. The number of fused-ring (bicyclic) bond motifs is 1. The molecule has 0 bridgehead atoms. The van der Waals surface area contributed by atoms with E-state index in [9.17, 15) is 13.5 Å². The normalized spacial score (nSPS) is 12.9. The summed E-state index contributed by atoms with van der Waals surface area (Å²) >= 11 is 0. The molecule has 1 atom stereocenters. The van der Waals surface area contributed by atoms with Gasteiger partial charge in [0.2, 0.25) is 10.0 Å². The van der Waals surface area contributed by atoms with Crippen LogP contribution in [0.3, 0.4) is 0 Å². The molecule has 0 spiro atoms. The lowest BCUT2D eigenvalue weighted by atomic mass is 10.0. The van der Waals surface area contributed by atoms with Crippen LogP contribution in [0.4, 0.5) is 0 Å². The number of H-pyrrole nitrogens is 1. The molecule has 148 valence electrons. The number of pyridine rings is 1. The van der Waals surface area contributed by atoms with Crippen molar-refractivity contribution < 1.29 is 13.5 Å². The van der Waals surface area contributed by atoms with Gasteiger partial charge in [-0.25, -0.2) is 18.1 Å². The monoisotopic (exact) mass is 407 g/mol. The fourth-order valence-electron chi connectivity index (χ4n) is 3.36. The third-order valence-corrected chi connectivity index (χ3v) is 6.34. The lowest BCUT2D eigenvalue weighted by Crippen LogP contribution is -2.39. The summed E-state index contributed by atoms with van der Waals surface area (Å²) < 4.78 is 28.1. The van der Waals surface area contributed by atoms with Gasteiger partial charge in [0.05, 0.1) is 11.5 Å². The Kier molecular flexibility index (Phi) is 5.44. The van der Waals surface area contributed by atoms with Crippen LogP contribution in [0.15, 0.2) is 84.0 Å². The minimum Gasteiger partial charge on any atom is -0.395 e. The highest BCUT2D eigenvalue weighted by Gasteiger charge is 2.20. The van der Waals surface area contributed by atoms with Crippen molar-refractivity contribution in [2.24, 2.45) is 0 Å². The molecular formula is C22H21N3O3S. The number of nitrogens with zero attached hydrogens (tertiary/aromatic N) is 1. The first-order chi connectivity index (χ1) is 14.1. The Morgan fingerprint density at radius 2 is 1.76 bits per heavy atom. The Balaban J connectivity index is 1.55. The predicted octanol–water partition coefficient (Wildman–Crippen LogP) is 3.11. The highest BCUT2D eigenvalue weighted by Crippen LogP contribution is 2.27. The number of aromatic nitrogens is 2. The molecule has 0 unspecified atom stereocenters. The fourth-order valence-corrected chi connectivity index (χ4v) is 4.58. The van der Waals surface area contributed by atoms with Gasteiger partial charge in [0.1, 0.15) is 5.65 Å². The molecule has 4 rings (SSSR count). The van der Waals surface area contributed by atoms with Crippen molar-refractivity contribution in [3.63, 3.8) is 0 Å². The van der Waals surface area contributed by atoms with Gasteiger partial charge in [0.15, 0.2) is 0 Å². The SMILES string of the molecule is O=S(=O)(N[C@@H](CO)Cc1ccccc1)c1ccc(-c2ccnc3[nH]ccc23)cc1. The second kappa shape index (κ2) is 8.16. The van der Waals surface area contributed by atoms with Crippen LogP contribution in [0.25, 0.3) is 22.2 Å². The van der Waals surface area contributed by atoms with Crippen molar-refractivity contribution in [2.45, 2.75) is 17.4 Å². The summed E-state index contributed by atoms with van der Waals surface area (Å²) in [4.78, 5) is 7.51. The van der Waals surface area contributed by atoms with Crippen LogP contribution < -0.4 is 4.72 Å². The second-order valence-corrected chi connectivity index (χ2v) is 8.53. The molecule has 0 saturated carbocycles. The molecule has 3 N–H and O–H groups in total. The molecule has 0 saturated heterocycles. The lowest BCUT2D eigenvalue weighted by molar-refractivity contribution is 0.256. The van der Waals surface area contributed by atoms with Gasteiger partial charge in [0, 0.05) is 23.8 Å². The van der Waals surface area contributed by atoms with E-state index in [1.165, 1.54) is 0 Å². The zero-order chi connectivity index (χ0) is 20.3. The van der Waals surface area contributed by atoms with Crippen LogP contribution in [0.5, 0.6) is 0 Å². The van der Waals surface area contributed by atoms with E-state index in [0.717, 1.165) is 27.7 Å². The summed E-state index contributed by atoms with van der Waals surface area (Å²) in [5.41, 5.74) is 3.62. The van der Waals surface area contributed by atoms with Crippen molar-refractivity contribution in [3.8, 4) is 11.1 Å². The van der Waals surface area contributed by atoms with Crippen LogP contribution in [0, 0.1) is 0 Å². The Hall–Kier alpha value is -3.00. The third kappa shape index (κ3) is 4.22. The fraction of sp³-hybridized carbons (Fsp3) is 0.136. The molecule has 2 aromatic heterocycles. The van der Waals surface area contributed by atoms with Gasteiger partial charge in [-0.05, 0) is 47.4 Å². The standard InChI is InChI=1S/C22H21N3O3S/c26-15-18(14-16-4-2-1-3-5-16)25-29(27,28)19-8-6-17(7-9-19)20-10-12-23-22-21(20)11-13-24-22/h1-13,18,25-26H,14-15H2,(H,23,24)/t18-/m1/s1. The quantitative estimate of drug-likeness (QED) is 0.439. The number of sulfonamides is 1. The number of hydrogen-bond donors (Lipinski definition) is 3. The van der Waals surface area contributed by atoms with Crippen LogP contribution in [0.2, 0.25) is 0 Å². The highest BCUT2D eigenvalue weighted by atomic mass is 32.2. The van der Waals surface area contributed by atoms with E-state index in [2.05, 4.69) is 14.7 Å². The van der Waals surface area contributed by atoms with Crippen LogP contribution in [-0.2, 0) is 16.4 Å². The molecule has 6 nitrogen and oxygen atoms in total. The van der Waals surface area contributed by atoms with E-state index in [1.807, 2.05) is 48.7 Å². The number of hydrogen-bond acceptors (Lipinski definition) is 4. The Labute approximate surface area is 169 Å². The Bertz CT molecular complexity index is 1200. The van der Waals surface area contributed by atoms with Gasteiger partial charge in [-0.3, -0.25) is 0 Å². The topological polar surface area (TPSA) is 95.1 Å². The summed E-state index contributed by atoms with van der Waals surface area (Å²) in [6.45, 7) is -0.283. The summed E-state index contributed by atoms with van der Waals surface area (Å²) in [5.74, 6) is 0. The zero-order valence-electron chi connectivity index (χ0n) is 15.6. The molecule has 0 fully saturated rings. The van der Waals surface area contributed by atoms with E-state index in [4.69, 9.17) is 0 Å². The van der Waals surface area contributed by atoms with Crippen molar-refractivity contribution >= 4 is 21.1 Å². The molecule has 0 aliphatic rings. The first kappa shape index (κ1) is 19.3. The van der Waals surface area contributed by atoms with Gasteiger partial charge >= 0.3 is 0 Å². The zero-order valence-corrected chi connectivity index (χ0v) is 16.4. The van der Waals surface area contributed by atoms with Gasteiger partial charge in [-0.1, -0.05) is 42.5 Å². The van der Waals surface area contributed by atoms with Crippen LogP contribution in [0.1, 0.15) is 5.56 Å². The number of benzene rings is 2. The molecule has 29 heavy (non-hydrogen) atoms. The van der Waals surface area contributed by atoms with Crippen molar-refractivity contribution in [1.82, 2.24) is 14.7 Å². The predicted molar refractivity (Wildman–Crippen MR) is 113 cm³/mol. The summed E-state index contributed by atoms with van der Waals surface area (Å²) in [7, 11) is -3.75. The van der Waals surface area contributed by atoms with E-state index in [-0.39, 0.29) is 11.5 Å². The average molecular weight is 407 g/mol. The number of aliphatic hydroxyl groups is 1. The van der Waals surface area contributed by atoms with Gasteiger partial charge in [-0.2, -0.15) is 0 Å². The van der Waals surface area contributed by atoms with Crippen molar-refractivity contribution in [1.29, 1.82) is 0 Å². The van der Waals surface area contributed by atoms with Crippen LogP contribution >= 0.6 is 0 Å². The molecule has 0 aliphatic carbocycles. The van der Waals surface area contributed by atoms with Gasteiger partial charge < -0.3 is 10.1 Å². The molecule has 0 aliphatic heterocycles. The van der Waals surface area contributed by atoms with Gasteiger partial charge in [-0.15, -0.1) is 0 Å². The molecular weight excluding hydrogens is 386 g/mol. The van der Waals surface area contributed by atoms with Crippen LogP contribution in [-0.4, -0.2) is 36.1 Å². The van der Waals surface area contributed by atoms with Crippen molar-refractivity contribution in [2.75, 3.05) is 6.61 Å². The molecule has 2 aromatic carbocycles. The summed E-state index contributed by atoms with van der Waals surface area (Å²) in [5, 5.41) is 10.6. The van der Waals surface area contributed by atoms with E-state index < -0.39 is 16.1 Å². The first-order valence-corrected chi connectivity index (χ1v) is 10.7. The third-order valence-electron chi connectivity index (χ3n) is 4.80. The molecule has 0 radical (unpaired) electrons. The first-order valence-electron chi connectivity index (χ1n) is 9.26. The molecule has 2 heterocycles. The molecule has 4 aromatic rings. The second-order valence-electron chi connectivity index (χ2n) is 6.81. The maximum atomic E-state index is 12.8. The van der Waals surface area contributed by atoms with E-state index in [1.54, 1.807) is 30.5 Å². The molecule has 0 amide bonds. The minimum absolute atomic E-state index is 0.159. The summed E-state index contributed by atoms with van der Waals surface area (Å²) in [6.07, 6.45) is 3.96. The number of aromatic amines is 1. The Morgan fingerprint density at radius 3 is 2.48 bits per heavy atom. The number of aliphatic hydroxyl groups excluding tert-OH is 1. The van der Waals surface area contributed by atoms with Crippen molar-refractivity contribution in [3.05, 3.63) is 84.7 Å². The van der Waals surface area contributed by atoms with E-state index >= 15 is 0 Å². The van der Waals surface area contributed by atoms with Gasteiger partial charge in [0.25, 0.3) is 0 Å². The van der Waals surface area contributed by atoms with E-state index in [0.29, 0.717) is 6.42 Å².